The number of fused-ring (bicyclic) bond motifs is 1. The molecule has 0 atom stereocenters. The molecule has 0 spiro atoms. The Morgan fingerprint density at radius 3 is 2.69 bits per heavy atom. The van der Waals surface area contributed by atoms with E-state index in [0.29, 0.717) is 17.1 Å². The molecule has 4 rings (SSSR count). The predicted molar refractivity (Wildman–Crippen MR) is 106 cm³/mol. The minimum absolute atomic E-state index is 0.0382. The number of aromatic nitrogens is 1. The summed E-state index contributed by atoms with van der Waals surface area (Å²) in [6, 6.07) is 12.8. The third kappa shape index (κ3) is 3.68. The number of hydrogen-bond acceptors (Lipinski definition) is 5. The molecule has 2 aromatic carbocycles. The largest absolute Gasteiger partial charge is 0.493 e. The molecule has 0 radical (unpaired) electrons. The zero-order valence-corrected chi connectivity index (χ0v) is 16.5. The van der Waals surface area contributed by atoms with E-state index >= 15 is 0 Å². The zero-order valence-electron chi connectivity index (χ0n) is 15.7. The van der Waals surface area contributed by atoms with Gasteiger partial charge in [-0.3, -0.25) is 4.98 Å². The predicted octanol–water partition coefficient (Wildman–Crippen LogP) is 3.48. The second kappa shape index (κ2) is 7.81. The summed E-state index contributed by atoms with van der Waals surface area (Å²) in [5.41, 5.74) is 2.32. The zero-order chi connectivity index (χ0) is 20.4. The molecule has 150 valence electrons. The van der Waals surface area contributed by atoms with E-state index in [1.807, 2.05) is 24.3 Å². The summed E-state index contributed by atoms with van der Waals surface area (Å²) in [6.07, 6.45) is 3.39. The molecule has 0 unspecified atom stereocenters. The Labute approximate surface area is 168 Å². The number of methoxy groups -OCH3 is 1. The first kappa shape index (κ1) is 19.4. The lowest BCUT2D eigenvalue weighted by molar-refractivity contribution is 0.279. The van der Waals surface area contributed by atoms with Gasteiger partial charge >= 0.3 is 0 Å². The molecule has 0 saturated heterocycles. The van der Waals surface area contributed by atoms with Crippen molar-refractivity contribution in [2.45, 2.75) is 11.4 Å². The topological polar surface area (TPSA) is 68.7 Å². The van der Waals surface area contributed by atoms with Crippen LogP contribution in [-0.4, -0.2) is 38.0 Å². The molecule has 0 bridgehead atoms. The lowest BCUT2D eigenvalue weighted by Gasteiger charge is -2.20. The first-order chi connectivity index (χ1) is 14.0. The number of hydrogen-bond donors (Lipinski definition) is 0. The summed E-state index contributed by atoms with van der Waals surface area (Å²) in [5.74, 6) is 0.220. The number of pyridine rings is 1. The van der Waals surface area contributed by atoms with E-state index in [4.69, 9.17) is 9.47 Å². The minimum atomic E-state index is -4.03. The summed E-state index contributed by atoms with van der Waals surface area (Å²) >= 11 is 0. The maximum atomic E-state index is 14.2. The van der Waals surface area contributed by atoms with E-state index in [2.05, 4.69) is 4.98 Å². The number of nitrogens with zero attached hydrogens (tertiary/aromatic N) is 2. The van der Waals surface area contributed by atoms with Crippen LogP contribution in [0.3, 0.4) is 0 Å². The van der Waals surface area contributed by atoms with Gasteiger partial charge in [0.05, 0.1) is 7.11 Å². The van der Waals surface area contributed by atoms with Crippen LogP contribution in [-0.2, 0) is 16.6 Å². The summed E-state index contributed by atoms with van der Waals surface area (Å²) in [4.78, 5) is 3.78. The van der Waals surface area contributed by atoms with E-state index in [0.717, 1.165) is 17.2 Å². The van der Waals surface area contributed by atoms with Crippen molar-refractivity contribution >= 4 is 10.0 Å². The van der Waals surface area contributed by atoms with E-state index in [9.17, 15) is 12.8 Å². The molecule has 0 amide bonds. The summed E-state index contributed by atoms with van der Waals surface area (Å²) in [6.45, 7) is 0.260. The Bertz CT molecular complexity index is 1140. The average molecular weight is 414 g/mol. The average Bonchev–Trinajstić information content (AvgIpc) is 2.97. The van der Waals surface area contributed by atoms with Gasteiger partial charge in [0.1, 0.15) is 17.3 Å². The van der Waals surface area contributed by atoms with E-state index in [1.165, 1.54) is 29.6 Å². The van der Waals surface area contributed by atoms with E-state index in [-0.39, 0.29) is 24.6 Å². The molecule has 0 N–H and O–H groups in total. The molecule has 1 aliphatic rings. The van der Waals surface area contributed by atoms with Crippen LogP contribution >= 0.6 is 0 Å². The molecule has 6 nitrogen and oxygen atoms in total. The number of rotatable bonds is 4. The van der Waals surface area contributed by atoms with Crippen LogP contribution in [0.4, 0.5) is 4.39 Å². The van der Waals surface area contributed by atoms with Gasteiger partial charge in [0.2, 0.25) is 10.0 Å². The summed E-state index contributed by atoms with van der Waals surface area (Å²) in [5, 5.41) is 0. The molecule has 0 saturated carbocycles. The van der Waals surface area contributed by atoms with Crippen molar-refractivity contribution in [2.24, 2.45) is 0 Å². The lowest BCUT2D eigenvalue weighted by Crippen LogP contribution is -2.33. The Balaban J connectivity index is 1.78. The highest BCUT2D eigenvalue weighted by Crippen LogP contribution is 2.39. The summed E-state index contributed by atoms with van der Waals surface area (Å²) in [7, 11) is -2.50. The smallest absolute Gasteiger partial charge is 0.246 e. The maximum Gasteiger partial charge on any atom is 0.246 e. The van der Waals surface area contributed by atoms with Crippen LogP contribution in [0, 0.1) is 5.82 Å². The first-order valence-corrected chi connectivity index (χ1v) is 10.4. The minimum Gasteiger partial charge on any atom is -0.493 e. The van der Waals surface area contributed by atoms with Crippen LogP contribution in [0.1, 0.15) is 5.56 Å². The maximum absolute atomic E-state index is 14.2. The van der Waals surface area contributed by atoms with Gasteiger partial charge in [-0.2, -0.15) is 4.31 Å². The molecule has 0 aliphatic carbocycles. The third-order valence-corrected chi connectivity index (χ3v) is 6.61. The molecule has 2 heterocycles. The fraction of sp³-hybridized carbons (Fsp3) is 0.190. The van der Waals surface area contributed by atoms with Crippen molar-refractivity contribution in [3.63, 3.8) is 0 Å². The van der Waals surface area contributed by atoms with Gasteiger partial charge in [0.15, 0.2) is 11.5 Å². The quantitative estimate of drug-likeness (QED) is 0.654. The van der Waals surface area contributed by atoms with Gasteiger partial charge in [-0.15, -0.1) is 0 Å². The SMILES string of the molecule is COc1cc(-c2cccnc2)cc2c1OCCN(S(=O)(=O)c1ccccc1F)C2. The van der Waals surface area contributed by atoms with Gasteiger partial charge in [0.25, 0.3) is 0 Å². The molecule has 1 aliphatic heterocycles. The van der Waals surface area contributed by atoms with Gasteiger partial charge < -0.3 is 9.47 Å². The molecule has 8 heteroatoms. The van der Waals surface area contributed by atoms with Crippen LogP contribution in [0.25, 0.3) is 11.1 Å². The third-order valence-electron chi connectivity index (χ3n) is 4.73. The molecular formula is C21H19FN2O4S. The van der Waals surface area contributed by atoms with Crippen LogP contribution in [0.5, 0.6) is 11.5 Å². The van der Waals surface area contributed by atoms with Gasteiger partial charge in [0, 0.05) is 36.6 Å². The van der Waals surface area contributed by atoms with Crippen LogP contribution in [0.15, 0.2) is 65.8 Å². The highest BCUT2D eigenvalue weighted by molar-refractivity contribution is 7.89. The van der Waals surface area contributed by atoms with Crippen LogP contribution < -0.4 is 9.47 Å². The number of sulfonamides is 1. The van der Waals surface area contributed by atoms with E-state index < -0.39 is 15.8 Å². The van der Waals surface area contributed by atoms with Crippen molar-refractivity contribution in [3.8, 4) is 22.6 Å². The van der Waals surface area contributed by atoms with Crippen molar-refractivity contribution in [1.29, 1.82) is 0 Å². The van der Waals surface area contributed by atoms with Gasteiger partial charge in [-0.25, -0.2) is 12.8 Å². The second-order valence-electron chi connectivity index (χ2n) is 6.53. The lowest BCUT2D eigenvalue weighted by atomic mass is 10.0. The van der Waals surface area contributed by atoms with Crippen molar-refractivity contribution in [3.05, 3.63) is 72.3 Å². The fourth-order valence-electron chi connectivity index (χ4n) is 3.31. The van der Waals surface area contributed by atoms with Crippen molar-refractivity contribution in [1.82, 2.24) is 9.29 Å². The monoisotopic (exact) mass is 414 g/mol. The normalized spacial score (nSPS) is 14.6. The van der Waals surface area contributed by atoms with Crippen molar-refractivity contribution < 1.29 is 22.3 Å². The number of ether oxygens (including phenoxy) is 2. The molecule has 29 heavy (non-hydrogen) atoms. The van der Waals surface area contributed by atoms with Crippen LogP contribution in [0.2, 0.25) is 0 Å². The second-order valence-corrected chi connectivity index (χ2v) is 8.43. The number of benzene rings is 2. The van der Waals surface area contributed by atoms with Gasteiger partial charge in [-0.05, 0) is 35.9 Å². The Kier molecular flexibility index (Phi) is 5.21. The Hall–Kier alpha value is -2.97. The van der Waals surface area contributed by atoms with Crippen molar-refractivity contribution in [2.75, 3.05) is 20.3 Å². The van der Waals surface area contributed by atoms with Gasteiger partial charge in [-0.1, -0.05) is 18.2 Å². The fourth-order valence-corrected chi connectivity index (χ4v) is 4.78. The highest BCUT2D eigenvalue weighted by Gasteiger charge is 2.31. The standard InChI is InChI=1S/C21H19FN2O4S/c1-27-19-12-16(15-5-4-8-23-13-15)11-17-14-24(9-10-28-21(17)19)29(25,26)20-7-3-2-6-18(20)22/h2-8,11-13H,9-10,14H2,1H3. The highest BCUT2D eigenvalue weighted by atomic mass is 32.2. The summed E-state index contributed by atoms with van der Waals surface area (Å²) < 4.78 is 52.8. The Morgan fingerprint density at radius 1 is 1.14 bits per heavy atom. The van der Waals surface area contributed by atoms with E-state index in [1.54, 1.807) is 12.4 Å². The Morgan fingerprint density at radius 2 is 1.97 bits per heavy atom. The first-order valence-electron chi connectivity index (χ1n) is 8.99. The molecular weight excluding hydrogens is 395 g/mol. The molecule has 1 aromatic heterocycles. The molecule has 0 fully saturated rings. The molecule has 3 aromatic rings. The number of halogens is 1.